The summed E-state index contributed by atoms with van der Waals surface area (Å²) in [6.07, 6.45) is 0. The largest absolute Gasteiger partial charge is 0.303 e. The highest BCUT2D eigenvalue weighted by Crippen LogP contribution is 2.26. The first-order valence-corrected chi connectivity index (χ1v) is 5.71. The Morgan fingerprint density at radius 1 is 1.62 bits per heavy atom. The van der Waals surface area contributed by atoms with Crippen LogP contribution in [0.3, 0.4) is 0 Å². The summed E-state index contributed by atoms with van der Waals surface area (Å²) in [4.78, 5) is 4.09. The summed E-state index contributed by atoms with van der Waals surface area (Å²) in [5.74, 6) is 0. The number of hydroxylamine groups is 1. The van der Waals surface area contributed by atoms with Gasteiger partial charge >= 0.3 is 0 Å². The minimum atomic E-state index is 0.0325. The highest BCUT2D eigenvalue weighted by Gasteiger charge is 2.16. The van der Waals surface area contributed by atoms with Crippen LogP contribution in [0.2, 0.25) is 0 Å². The van der Waals surface area contributed by atoms with Crippen molar-refractivity contribution in [2.45, 2.75) is 32.1 Å². The molecule has 5 heteroatoms. The van der Waals surface area contributed by atoms with E-state index in [0.717, 1.165) is 5.69 Å². The molecule has 1 heterocycles. The maximum absolute atomic E-state index is 9.52. The van der Waals surface area contributed by atoms with Crippen LogP contribution < -0.4 is 0 Å². The molecule has 3 nitrogen and oxygen atoms in total. The zero-order chi connectivity index (χ0) is 9.90. The molecule has 74 valence electrons. The zero-order valence-electron chi connectivity index (χ0n) is 8.02. The molecule has 0 saturated carbocycles. The van der Waals surface area contributed by atoms with Crippen molar-refractivity contribution in [3.63, 3.8) is 0 Å². The van der Waals surface area contributed by atoms with Gasteiger partial charge in [-0.3, -0.25) is 0 Å². The topological polar surface area (TPSA) is 36.4 Å². The van der Waals surface area contributed by atoms with E-state index in [2.05, 4.69) is 25.8 Å². The second kappa shape index (κ2) is 4.41. The third-order valence-electron chi connectivity index (χ3n) is 1.16. The first-order chi connectivity index (χ1) is 5.97. The van der Waals surface area contributed by atoms with Crippen LogP contribution in [-0.2, 0) is 6.54 Å². The van der Waals surface area contributed by atoms with E-state index >= 15 is 0 Å². The third-order valence-corrected chi connectivity index (χ3v) is 2.68. The average Bonchev–Trinajstić information content (AvgIpc) is 2.34. The van der Waals surface area contributed by atoms with Gasteiger partial charge in [-0.05, 0) is 32.7 Å². The molecule has 0 aliphatic heterocycles. The predicted molar refractivity (Wildman–Crippen MR) is 56.8 cm³/mol. The molecule has 0 unspecified atom stereocenters. The molecular formula is C8H14N2OS2. The van der Waals surface area contributed by atoms with Gasteiger partial charge in [-0.1, -0.05) is 0 Å². The second-order valence-corrected chi connectivity index (χ2v) is 6.24. The van der Waals surface area contributed by atoms with Gasteiger partial charge in [-0.25, -0.2) is 4.98 Å². The minimum Gasteiger partial charge on any atom is -0.303 e. The molecule has 0 atom stereocenters. The maximum atomic E-state index is 9.52. The molecule has 13 heavy (non-hydrogen) atoms. The van der Waals surface area contributed by atoms with Crippen LogP contribution >= 0.6 is 23.3 Å². The molecule has 0 fully saturated rings. The molecule has 1 rings (SSSR count). The fourth-order valence-corrected chi connectivity index (χ4v) is 2.18. The summed E-state index contributed by atoms with van der Waals surface area (Å²) in [5, 5.41) is 11.5. The average molecular weight is 218 g/mol. The lowest BCUT2D eigenvalue weighted by Crippen LogP contribution is -2.19. The lowest BCUT2D eigenvalue weighted by Gasteiger charge is -2.22. The summed E-state index contributed by atoms with van der Waals surface area (Å²) in [5.41, 5.74) is 2.68. The molecule has 0 amide bonds. The third kappa shape index (κ3) is 4.61. The molecule has 1 aromatic rings. The maximum Gasteiger partial charge on any atom is 0.0795 e. The Balaban J connectivity index is 2.38. The fourth-order valence-electron chi connectivity index (χ4n) is 0.803. The second-order valence-electron chi connectivity index (χ2n) is 3.69. The van der Waals surface area contributed by atoms with Crippen LogP contribution in [0.4, 0.5) is 0 Å². The van der Waals surface area contributed by atoms with E-state index in [1.807, 2.05) is 5.38 Å². The van der Waals surface area contributed by atoms with Gasteiger partial charge in [0, 0.05) is 10.1 Å². The Bertz CT molecular complexity index is 243. The summed E-state index contributed by atoms with van der Waals surface area (Å²) in [6.45, 7) is 6.65. The van der Waals surface area contributed by atoms with Crippen LogP contribution in [0, 0.1) is 0 Å². The van der Waals surface area contributed by atoms with E-state index in [4.69, 9.17) is 0 Å². The SMILES string of the molecule is CC(C)(C)SN(O)Cc1cscn1. The number of aromatic nitrogens is 1. The Morgan fingerprint density at radius 2 is 2.31 bits per heavy atom. The van der Waals surface area contributed by atoms with E-state index < -0.39 is 0 Å². The number of nitrogens with zero attached hydrogens (tertiary/aromatic N) is 2. The van der Waals surface area contributed by atoms with Gasteiger partial charge in [0.2, 0.25) is 0 Å². The van der Waals surface area contributed by atoms with Crippen LogP contribution in [-0.4, -0.2) is 19.4 Å². The highest BCUT2D eigenvalue weighted by molar-refractivity contribution is 7.98. The van der Waals surface area contributed by atoms with Crippen molar-refractivity contribution >= 4 is 23.3 Å². The molecule has 0 spiro atoms. The van der Waals surface area contributed by atoms with Crippen molar-refractivity contribution in [2.24, 2.45) is 0 Å². The van der Waals surface area contributed by atoms with Gasteiger partial charge < -0.3 is 5.21 Å². The van der Waals surface area contributed by atoms with Gasteiger partial charge in [-0.2, -0.15) is 0 Å². The van der Waals surface area contributed by atoms with Crippen LogP contribution in [0.5, 0.6) is 0 Å². The first-order valence-electron chi connectivity index (χ1n) is 4.00. The number of thiazole rings is 1. The molecule has 0 aromatic carbocycles. The monoisotopic (exact) mass is 218 g/mol. The van der Waals surface area contributed by atoms with Crippen molar-refractivity contribution in [2.75, 3.05) is 0 Å². The summed E-state index contributed by atoms with van der Waals surface area (Å²) < 4.78 is 1.26. The van der Waals surface area contributed by atoms with E-state index in [-0.39, 0.29) is 4.75 Å². The Kier molecular flexibility index (Phi) is 3.73. The Morgan fingerprint density at radius 3 is 2.77 bits per heavy atom. The molecule has 1 N–H and O–H groups in total. The quantitative estimate of drug-likeness (QED) is 0.625. The lowest BCUT2D eigenvalue weighted by molar-refractivity contribution is 0.00651. The van der Waals surface area contributed by atoms with Gasteiger partial charge in [0.1, 0.15) is 0 Å². The van der Waals surface area contributed by atoms with E-state index in [0.29, 0.717) is 6.54 Å². The van der Waals surface area contributed by atoms with E-state index in [9.17, 15) is 5.21 Å². The molecule has 0 radical (unpaired) electrons. The van der Waals surface area contributed by atoms with Gasteiger partial charge in [0.25, 0.3) is 0 Å². The van der Waals surface area contributed by atoms with Crippen molar-refractivity contribution < 1.29 is 5.21 Å². The van der Waals surface area contributed by atoms with E-state index in [1.165, 1.54) is 16.4 Å². The van der Waals surface area contributed by atoms with Crippen molar-refractivity contribution in [3.05, 3.63) is 16.6 Å². The van der Waals surface area contributed by atoms with Crippen molar-refractivity contribution in [1.82, 2.24) is 9.45 Å². The van der Waals surface area contributed by atoms with E-state index in [1.54, 1.807) is 16.8 Å². The molecule has 0 saturated heterocycles. The summed E-state index contributed by atoms with van der Waals surface area (Å²) in [7, 11) is 0. The van der Waals surface area contributed by atoms with Gasteiger partial charge in [-0.15, -0.1) is 15.8 Å². The molecule has 1 aromatic heterocycles. The smallest absolute Gasteiger partial charge is 0.0795 e. The normalized spacial score (nSPS) is 12.4. The summed E-state index contributed by atoms with van der Waals surface area (Å²) >= 11 is 2.95. The minimum absolute atomic E-state index is 0.0325. The van der Waals surface area contributed by atoms with Crippen molar-refractivity contribution in [3.8, 4) is 0 Å². The number of hydrogen-bond donors (Lipinski definition) is 1. The lowest BCUT2D eigenvalue weighted by atomic mass is 10.3. The van der Waals surface area contributed by atoms with Crippen LogP contribution in [0.25, 0.3) is 0 Å². The first kappa shape index (κ1) is 11.0. The van der Waals surface area contributed by atoms with Gasteiger partial charge in [0.15, 0.2) is 0 Å². The molecule has 0 bridgehead atoms. The van der Waals surface area contributed by atoms with Crippen molar-refractivity contribution in [1.29, 1.82) is 0 Å². The summed E-state index contributed by atoms with van der Waals surface area (Å²) in [6, 6.07) is 0. The zero-order valence-corrected chi connectivity index (χ0v) is 9.65. The molecule has 0 aliphatic carbocycles. The predicted octanol–water partition coefficient (Wildman–Crippen LogP) is 2.78. The number of rotatable bonds is 3. The number of hydrogen-bond acceptors (Lipinski definition) is 5. The molecule has 0 aliphatic rings. The highest BCUT2D eigenvalue weighted by atomic mass is 32.2. The Hall–Kier alpha value is -0.100. The van der Waals surface area contributed by atoms with Crippen LogP contribution in [0.1, 0.15) is 26.5 Å². The molecular weight excluding hydrogens is 204 g/mol. The Labute approximate surface area is 86.9 Å². The van der Waals surface area contributed by atoms with Gasteiger partial charge in [0.05, 0.1) is 17.7 Å². The fraction of sp³-hybridized carbons (Fsp3) is 0.625. The van der Waals surface area contributed by atoms with Crippen LogP contribution in [0.15, 0.2) is 10.9 Å². The standard InChI is InChI=1S/C8H14N2OS2/c1-8(2,3)13-10(11)4-7-5-12-6-9-7/h5-6,11H,4H2,1-3H3.